The van der Waals surface area contributed by atoms with Crippen LogP contribution in [0.5, 0.6) is 0 Å². The average Bonchev–Trinajstić information content (AvgIpc) is 2.81. The fourth-order valence-electron chi connectivity index (χ4n) is 1.83. The number of aryl methyl sites for hydroxylation is 1. The Labute approximate surface area is 96.3 Å². The Morgan fingerprint density at radius 2 is 1.88 bits per heavy atom. The molecule has 0 spiro atoms. The minimum absolute atomic E-state index is 0.226. The second-order valence-electron chi connectivity index (χ2n) is 3.96. The lowest BCUT2D eigenvalue weighted by atomic mass is 10.0. The smallest absolute Gasteiger partial charge is 0.0953 e. The Kier molecular flexibility index (Phi) is 3.42. The third-order valence-corrected chi connectivity index (χ3v) is 2.70. The molecule has 1 heterocycles. The van der Waals surface area contributed by atoms with E-state index in [1.807, 2.05) is 6.07 Å². The molecular formula is C14H17NO. The number of hydrogen-bond donors (Lipinski definition) is 1. The molecule has 0 aliphatic heterocycles. The van der Waals surface area contributed by atoms with Gasteiger partial charge in [0.1, 0.15) is 0 Å². The highest BCUT2D eigenvalue weighted by Crippen LogP contribution is 2.22. The summed E-state index contributed by atoms with van der Waals surface area (Å²) in [6.45, 7) is 5.15. The van der Waals surface area contributed by atoms with Crippen molar-refractivity contribution >= 4 is 0 Å². The van der Waals surface area contributed by atoms with Gasteiger partial charge >= 0.3 is 0 Å². The molecule has 1 N–H and O–H groups in total. The van der Waals surface area contributed by atoms with Gasteiger partial charge in [0.15, 0.2) is 0 Å². The number of furan rings is 1. The number of benzene rings is 1. The van der Waals surface area contributed by atoms with E-state index in [2.05, 4.69) is 43.4 Å². The fourth-order valence-corrected chi connectivity index (χ4v) is 1.83. The van der Waals surface area contributed by atoms with Crippen LogP contribution < -0.4 is 5.32 Å². The quantitative estimate of drug-likeness (QED) is 0.846. The van der Waals surface area contributed by atoms with Gasteiger partial charge in [-0.25, -0.2) is 0 Å². The van der Waals surface area contributed by atoms with Crippen molar-refractivity contribution in [3.05, 3.63) is 59.5 Å². The summed E-state index contributed by atoms with van der Waals surface area (Å²) in [5, 5.41) is 3.46. The van der Waals surface area contributed by atoms with E-state index in [4.69, 9.17) is 4.42 Å². The Morgan fingerprint density at radius 3 is 2.44 bits per heavy atom. The maximum Gasteiger partial charge on any atom is 0.0953 e. The molecular weight excluding hydrogens is 198 g/mol. The van der Waals surface area contributed by atoms with Gasteiger partial charge in [-0.15, -0.1) is 0 Å². The van der Waals surface area contributed by atoms with Gasteiger partial charge in [-0.3, -0.25) is 0 Å². The highest BCUT2D eigenvalue weighted by Gasteiger charge is 2.13. The van der Waals surface area contributed by atoms with E-state index in [1.54, 1.807) is 12.5 Å². The molecule has 1 aromatic carbocycles. The van der Waals surface area contributed by atoms with E-state index in [0.717, 1.165) is 6.54 Å². The molecule has 2 aromatic rings. The van der Waals surface area contributed by atoms with Crippen LogP contribution >= 0.6 is 0 Å². The normalized spacial score (nSPS) is 12.6. The molecule has 2 rings (SSSR count). The molecule has 1 unspecified atom stereocenters. The van der Waals surface area contributed by atoms with Crippen molar-refractivity contribution in [1.29, 1.82) is 0 Å². The first-order valence-corrected chi connectivity index (χ1v) is 5.63. The van der Waals surface area contributed by atoms with Crippen LogP contribution in [-0.4, -0.2) is 6.54 Å². The molecule has 84 valence electrons. The van der Waals surface area contributed by atoms with Crippen molar-refractivity contribution < 1.29 is 4.42 Å². The molecule has 0 saturated carbocycles. The third kappa shape index (κ3) is 2.34. The van der Waals surface area contributed by atoms with Crippen molar-refractivity contribution in [2.75, 3.05) is 6.54 Å². The first kappa shape index (κ1) is 11.0. The highest BCUT2D eigenvalue weighted by molar-refractivity contribution is 5.31. The Balaban J connectivity index is 2.29. The third-order valence-electron chi connectivity index (χ3n) is 2.70. The lowest BCUT2D eigenvalue weighted by molar-refractivity contribution is 0.553. The number of hydrogen-bond acceptors (Lipinski definition) is 2. The van der Waals surface area contributed by atoms with Crippen LogP contribution in [0.15, 0.2) is 47.3 Å². The first-order chi connectivity index (χ1) is 7.81. The van der Waals surface area contributed by atoms with Gasteiger partial charge in [0.2, 0.25) is 0 Å². The van der Waals surface area contributed by atoms with Gasteiger partial charge in [-0.1, -0.05) is 36.8 Å². The molecule has 16 heavy (non-hydrogen) atoms. The zero-order valence-electron chi connectivity index (χ0n) is 9.73. The lowest BCUT2D eigenvalue weighted by Gasteiger charge is -2.16. The summed E-state index contributed by atoms with van der Waals surface area (Å²) in [5.41, 5.74) is 3.73. The monoisotopic (exact) mass is 215 g/mol. The van der Waals surface area contributed by atoms with Crippen molar-refractivity contribution in [2.24, 2.45) is 0 Å². The molecule has 0 aliphatic rings. The SMILES string of the molecule is CCNC(c1ccc(C)cc1)c1ccoc1. The summed E-state index contributed by atoms with van der Waals surface area (Å²) >= 11 is 0. The highest BCUT2D eigenvalue weighted by atomic mass is 16.3. The average molecular weight is 215 g/mol. The van der Waals surface area contributed by atoms with Gasteiger partial charge in [-0.2, -0.15) is 0 Å². The first-order valence-electron chi connectivity index (χ1n) is 5.63. The summed E-state index contributed by atoms with van der Waals surface area (Å²) in [6.07, 6.45) is 3.51. The molecule has 0 radical (unpaired) electrons. The van der Waals surface area contributed by atoms with Gasteiger partial charge in [0.05, 0.1) is 18.6 Å². The van der Waals surface area contributed by atoms with Crippen LogP contribution in [0.3, 0.4) is 0 Å². The lowest BCUT2D eigenvalue weighted by Crippen LogP contribution is -2.21. The predicted molar refractivity (Wildman–Crippen MR) is 65.4 cm³/mol. The second kappa shape index (κ2) is 4.99. The van der Waals surface area contributed by atoms with E-state index in [0.29, 0.717) is 0 Å². The topological polar surface area (TPSA) is 25.2 Å². The maximum atomic E-state index is 5.15. The minimum Gasteiger partial charge on any atom is -0.472 e. The molecule has 1 atom stereocenters. The summed E-state index contributed by atoms with van der Waals surface area (Å²) in [5.74, 6) is 0. The van der Waals surface area contributed by atoms with Crippen LogP contribution in [0, 0.1) is 6.92 Å². The van der Waals surface area contributed by atoms with Crippen molar-refractivity contribution in [1.82, 2.24) is 5.32 Å². The standard InChI is InChI=1S/C14H17NO/c1-3-15-14(13-8-9-16-10-13)12-6-4-11(2)5-7-12/h4-10,14-15H,3H2,1-2H3. The van der Waals surface area contributed by atoms with Crippen LogP contribution in [0.2, 0.25) is 0 Å². The predicted octanol–water partition coefficient (Wildman–Crippen LogP) is 3.29. The molecule has 2 nitrogen and oxygen atoms in total. The molecule has 0 amide bonds. The zero-order valence-corrected chi connectivity index (χ0v) is 9.73. The van der Waals surface area contributed by atoms with E-state index < -0.39 is 0 Å². The minimum atomic E-state index is 0.226. The van der Waals surface area contributed by atoms with Gasteiger partial charge in [0, 0.05) is 5.56 Å². The van der Waals surface area contributed by atoms with Crippen LogP contribution in [0.1, 0.15) is 29.7 Å². The van der Waals surface area contributed by atoms with Crippen LogP contribution in [0.4, 0.5) is 0 Å². The zero-order chi connectivity index (χ0) is 11.4. The largest absolute Gasteiger partial charge is 0.472 e. The summed E-state index contributed by atoms with van der Waals surface area (Å²) in [6, 6.07) is 10.8. The molecule has 0 bridgehead atoms. The van der Waals surface area contributed by atoms with Gasteiger partial charge in [0.25, 0.3) is 0 Å². The Hall–Kier alpha value is -1.54. The Bertz CT molecular complexity index is 417. The second-order valence-corrected chi connectivity index (χ2v) is 3.96. The summed E-state index contributed by atoms with van der Waals surface area (Å²) < 4.78 is 5.15. The number of nitrogens with one attached hydrogen (secondary N) is 1. The van der Waals surface area contributed by atoms with Gasteiger partial charge in [-0.05, 0) is 25.1 Å². The van der Waals surface area contributed by atoms with Crippen molar-refractivity contribution in [3.63, 3.8) is 0 Å². The molecule has 1 aromatic heterocycles. The van der Waals surface area contributed by atoms with Crippen LogP contribution in [0.25, 0.3) is 0 Å². The van der Waals surface area contributed by atoms with Crippen molar-refractivity contribution in [3.8, 4) is 0 Å². The molecule has 0 fully saturated rings. The Morgan fingerprint density at radius 1 is 1.12 bits per heavy atom. The van der Waals surface area contributed by atoms with Gasteiger partial charge < -0.3 is 9.73 Å². The molecule has 2 heteroatoms. The van der Waals surface area contributed by atoms with Crippen LogP contribution in [-0.2, 0) is 0 Å². The fraction of sp³-hybridized carbons (Fsp3) is 0.286. The number of rotatable bonds is 4. The van der Waals surface area contributed by atoms with E-state index >= 15 is 0 Å². The van der Waals surface area contributed by atoms with Crippen molar-refractivity contribution in [2.45, 2.75) is 19.9 Å². The molecule has 0 aliphatic carbocycles. The summed E-state index contributed by atoms with van der Waals surface area (Å²) in [4.78, 5) is 0. The molecule has 0 saturated heterocycles. The van der Waals surface area contributed by atoms with E-state index in [1.165, 1.54) is 16.7 Å². The van der Waals surface area contributed by atoms with E-state index in [9.17, 15) is 0 Å². The summed E-state index contributed by atoms with van der Waals surface area (Å²) in [7, 11) is 0. The maximum absolute atomic E-state index is 5.15. The van der Waals surface area contributed by atoms with E-state index in [-0.39, 0.29) is 6.04 Å².